The van der Waals surface area contributed by atoms with Gasteiger partial charge in [0.1, 0.15) is 0 Å². The molecule has 1 saturated carbocycles. The third-order valence-electron chi connectivity index (χ3n) is 3.74. The first-order chi connectivity index (χ1) is 9.71. The van der Waals surface area contributed by atoms with Crippen molar-refractivity contribution < 1.29 is 9.53 Å². The highest BCUT2D eigenvalue weighted by atomic mass is 79.9. The first kappa shape index (κ1) is 15.5. The quantitative estimate of drug-likeness (QED) is 0.773. The number of hydrogen-bond acceptors (Lipinski definition) is 2. The Bertz CT molecular complexity index is 427. The maximum Gasteiger partial charge on any atom is 0.220 e. The molecule has 0 spiro atoms. The number of nitrogens with one attached hydrogen (secondary N) is 1. The molecule has 110 valence electrons. The summed E-state index contributed by atoms with van der Waals surface area (Å²) in [6, 6.07) is 8.28. The Hall–Kier alpha value is -0.870. The van der Waals surface area contributed by atoms with E-state index in [1.807, 2.05) is 6.92 Å². The van der Waals surface area contributed by atoms with Crippen LogP contribution in [0.15, 0.2) is 24.3 Å². The van der Waals surface area contributed by atoms with Gasteiger partial charge in [-0.3, -0.25) is 4.79 Å². The molecule has 0 aromatic heterocycles. The fourth-order valence-corrected chi connectivity index (χ4v) is 2.87. The average Bonchev–Trinajstić information content (AvgIpc) is 2.43. The van der Waals surface area contributed by atoms with Crippen LogP contribution in [0.2, 0.25) is 0 Å². The zero-order chi connectivity index (χ0) is 14.4. The van der Waals surface area contributed by atoms with Gasteiger partial charge in [0, 0.05) is 24.9 Å². The lowest BCUT2D eigenvalue weighted by Gasteiger charge is -2.34. The zero-order valence-corrected chi connectivity index (χ0v) is 13.5. The first-order valence-corrected chi connectivity index (χ1v) is 8.35. The summed E-state index contributed by atoms with van der Waals surface area (Å²) in [6.07, 6.45) is 3.07. The van der Waals surface area contributed by atoms with Crippen molar-refractivity contribution in [1.29, 1.82) is 0 Å². The number of carbonyl (C=O) groups is 1. The molecule has 20 heavy (non-hydrogen) atoms. The van der Waals surface area contributed by atoms with E-state index in [-0.39, 0.29) is 5.91 Å². The molecular weight excluding hydrogens is 318 g/mol. The minimum absolute atomic E-state index is 0.148. The number of halogens is 1. The fraction of sp³-hybridized carbons (Fsp3) is 0.562. The van der Waals surface area contributed by atoms with Crippen LogP contribution >= 0.6 is 15.9 Å². The van der Waals surface area contributed by atoms with E-state index < -0.39 is 0 Å². The number of hydrogen-bond donors (Lipinski definition) is 1. The second kappa shape index (κ2) is 7.79. The summed E-state index contributed by atoms with van der Waals surface area (Å²) in [7, 11) is 0. The summed E-state index contributed by atoms with van der Waals surface area (Å²) in [4.78, 5) is 11.8. The summed E-state index contributed by atoms with van der Waals surface area (Å²) >= 11 is 3.42. The van der Waals surface area contributed by atoms with Crippen LogP contribution in [0.25, 0.3) is 0 Å². The zero-order valence-electron chi connectivity index (χ0n) is 11.9. The molecule has 4 heteroatoms. The SMILES string of the molecule is CCOC1CC(CC(=O)NCc2ccc(CBr)cc2)C1. The van der Waals surface area contributed by atoms with Gasteiger partial charge in [0.25, 0.3) is 0 Å². The van der Waals surface area contributed by atoms with Crippen LogP contribution in [0.5, 0.6) is 0 Å². The second-order valence-electron chi connectivity index (χ2n) is 5.35. The molecule has 3 nitrogen and oxygen atoms in total. The van der Waals surface area contributed by atoms with E-state index in [0.29, 0.717) is 25.0 Å². The van der Waals surface area contributed by atoms with Crippen LogP contribution in [0, 0.1) is 5.92 Å². The molecule has 0 atom stereocenters. The normalized spacial score (nSPS) is 21.3. The van der Waals surface area contributed by atoms with Gasteiger partial charge in [-0.2, -0.15) is 0 Å². The van der Waals surface area contributed by atoms with E-state index in [1.165, 1.54) is 5.56 Å². The molecule has 1 aliphatic rings. The molecule has 1 fully saturated rings. The van der Waals surface area contributed by atoms with Gasteiger partial charge >= 0.3 is 0 Å². The van der Waals surface area contributed by atoms with Gasteiger partial charge in [0.15, 0.2) is 0 Å². The number of alkyl halides is 1. The third-order valence-corrected chi connectivity index (χ3v) is 4.38. The molecule has 2 rings (SSSR count). The standard InChI is InChI=1S/C16H22BrNO2/c1-2-20-15-7-14(8-15)9-16(19)18-11-13-5-3-12(10-17)4-6-13/h3-6,14-15H,2,7-11H2,1H3,(H,18,19). The highest BCUT2D eigenvalue weighted by Gasteiger charge is 2.30. The van der Waals surface area contributed by atoms with Crippen molar-refractivity contribution in [1.82, 2.24) is 5.32 Å². The minimum Gasteiger partial charge on any atom is -0.378 e. The largest absolute Gasteiger partial charge is 0.378 e. The predicted molar refractivity (Wildman–Crippen MR) is 83.7 cm³/mol. The van der Waals surface area contributed by atoms with E-state index in [4.69, 9.17) is 4.74 Å². The molecule has 0 unspecified atom stereocenters. The van der Waals surface area contributed by atoms with E-state index in [1.54, 1.807) is 0 Å². The Morgan fingerprint density at radius 3 is 2.55 bits per heavy atom. The van der Waals surface area contributed by atoms with Gasteiger partial charge in [-0.1, -0.05) is 40.2 Å². The summed E-state index contributed by atoms with van der Waals surface area (Å²) in [6.45, 7) is 3.40. The smallest absolute Gasteiger partial charge is 0.220 e. The molecule has 1 aliphatic carbocycles. The van der Waals surface area contributed by atoms with Crippen molar-refractivity contribution >= 4 is 21.8 Å². The number of benzene rings is 1. The van der Waals surface area contributed by atoms with Crippen LogP contribution < -0.4 is 5.32 Å². The molecule has 1 N–H and O–H groups in total. The second-order valence-corrected chi connectivity index (χ2v) is 5.91. The predicted octanol–water partition coefficient (Wildman–Crippen LogP) is 3.40. The third kappa shape index (κ3) is 4.60. The van der Waals surface area contributed by atoms with Crippen molar-refractivity contribution in [3.05, 3.63) is 35.4 Å². The van der Waals surface area contributed by atoms with Crippen LogP contribution in [-0.4, -0.2) is 18.6 Å². The molecule has 0 radical (unpaired) electrons. The Morgan fingerprint density at radius 2 is 1.95 bits per heavy atom. The maximum absolute atomic E-state index is 11.8. The van der Waals surface area contributed by atoms with Crippen molar-refractivity contribution in [3.63, 3.8) is 0 Å². The average molecular weight is 340 g/mol. The molecule has 1 amide bonds. The fourth-order valence-electron chi connectivity index (χ4n) is 2.49. The van der Waals surface area contributed by atoms with Crippen molar-refractivity contribution in [3.8, 4) is 0 Å². The van der Waals surface area contributed by atoms with Crippen LogP contribution in [0.1, 0.15) is 37.3 Å². The van der Waals surface area contributed by atoms with Gasteiger partial charge in [-0.25, -0.2) is 0 Å². The van der Waals surface area contributed by atoms with Crippen molar-refractivity contribution in [2.75, 3.05) is 6.61 Å². The molecular formula is C16H22BrNO2. The van der Waals surface area contributed by atoms with Gasteiger partial charge < -0.3 is 10.1 Å². The topological polar surface area (TPSA) is 38.3 Å². The Labute approximate surface area is 129 Å². The number of rotatable bonds is 7. The highest BCUT2D eigenvalue weighted by Crippen LogP contribution is 2.32. The molecule has 0 bridgehead atoms. The highest BCUT2D eigenvalue weighted by molar-refractivity contribution is 9.08. The number of carbonyl (C=O) groups excluding carboxylic acids is 1. The van der Waals surface area contributed by atoms with Crippen LogP contribution in [0.4, 0.5) is 0 Å². The minimum atomic E-state index is 0.148. The summed E-state index contributed by atoms with van der Waals surface area (Å²) in [5.74, 6) is 0.650. The lowest BCUT2D eigenvalue weighted by Crippen LogP contribution is -2.35. The Kier molecular flexibility index (Phi) is 6.05. The van der Waals surface area contributed by atoms with Crippen LogP contribution in [0.3, 0.4) is 0 Å². The lowest BCUT2D eigenvalue weighted by molar-refractivity contribution is -0.124. The van der Waals surface area contributed by atoms with E-state index in [0.717, 1.165) is 30.3 Å². The van der Waals surface area contributed by atoms with E-state index in [2.05, 4.69) is 45.5 Å². The monoisotopic (exact) mass is 339 g/mol. The van der Waals surface area contributed by atoms with Gasteiger partial charge in [-0.05, 0) is 36.8 Å². The maximum atomic E-state index is 11.8. The van der Waals surface area contributed by atoms with E-state index in [9.17, 15) is 4.79 Å². The molecule has 1 aromatic rings. The number of amides is 1. The molecule has 0 aliphatic heterocycles. The summed E-state index contributed by atoms with van der Waals surface area (Å²) in [5, 5.41) is 3.85. The van der Waals surface area contributed by atoms with Gasteiger partial charge in [-0.15, -0.1) is 0 Å². The van der Waals surface area contributed by atoms with E-state index >= 15 is 0 Å². The molecule has 0 saturated heterocycles. The van der Waals surface area contributed by atoms with Crippen molar-refractivity contribution in [2.45, 2.75) is 44.2 Å². The lowest BCUT2D eigenvalue weighted by atomic mass is 9.80. The molecule has 1 aromatic carbocycles. The first-order valence-electron chi connectivity index (χ1n) is 7.23. The Balaban J connectivity index is 1.65. The number of ether oxygens (including phenoxy) is 1. The Morgan fingerprint density at radius 1 is 1.30 bits per heavy atom. The summed E-state index contributed by atoms with van der Waals surface area (Å²) < 4.78 is 5.51. The van der Waals surface area contributed by atoms with Crippen molar-refractivity contribution in [2.24, 2.45) is 5.92 Å². The van der Waals surface area contributed by atoms with Crippen LogP contribution in [-0.2, 0) is 21.4 Å². The van der Waals surface area contributed by atoms with Gasteiger partial charge in [0.05, 0.1) is 6.10 Å². The summed E-state index contributed by atoms with van der Waals surface area (Å²) in [5.41, 5.74) is 2.39. The molecule has 0 heterocycles. The van der Waals surface area contributed by atoms with Gasteiger partial charge in [0.2, 0.25) is 5.91 Å².